The average Bonchev–Trinajstić information content (AvgIpc) is 2.53. The highest BCUT2D eigenvalue weighted by atomic mass is 16.4. The van der Waals surface area contributed by atoms with Gasteiger partial charge in [0, 0.05) is 25.2 Å². The van der Waals surface area contributed by atoms with Gasteiger partial charge in [0.25, 0.3) is 0 Å². The minimum Gasteiger partial charge on any atom is -0.477 e. The molecule has 0 amide bonds. The number of carbonyl (C=O) groups is 1. The molecule has 1 aliphatic heterocycles. The Hall–Kier alpha value is -1.36. The van der Waals surface area contributed by atoms with Crippen molar-refractivity contribution in [3.05, 3.63) is 17.0 Å². The predicted molar refractivity (Wildman–Crippen MR) is 64.1 cm³/mol. The van der Waals surface area contributed by atoms with Crippen LogP contribution in [-0.2, 0) is 19.5 Å². The van der Waals surface area contributed by atoms with E-state index in [1.807, 2.05) is 7.05 Å². The first-order chi connectivity index (χ1) is 7.99. The van der Waals surface area contributed by atoms with E-state index < -0.39 is 5.97 Å². The summed E-state index contributed by atoms with van der Waals surface area (Å²) in [5.41, 5.74) is 2.25. The molecule has 2 rings (SSSR count). The highest BCUT2D eigenvalue weighted by Gasteiger charge is 2.26. The van der Waals surface area contributed by atoms with Gasteiger partial charge in [0.2, 0.25) is 0 Å². The van der Waals surface area contributed by atoms with E-state index in [4.69, 9.17) is 0 Å². The number of aromatic carboxylic acids is 1. The Morgan fingerprint density at radius 3 is 2.82 bits per heavy atom. The summed E-state index contributed by atoms with van der Waals surface area (Å²) < 4.78 is 1.66. The average molecular weight is 237 g/mol. The molecule has 1 aromatic heterocycles. The first-order valence-corrected chi connectivity index (χ1v) is 5.99. The van der Waals surface area contributed by atoms with Gasteiger partial charge in [-0.1, -0.05) is 13.8 Å². The summed E-state index contributed by atoms with van der Waals surface area (Å²) in [6.45, 7) is 6.45. The standard InChI is InChI=1S/C12H19N3O2/c1-8(2)6-15-11(12(16)17)9-4-5-14(3)7-10(9)13-15/h8H,4-7H2,1-3H3,(H,16,17). The molecule has 0 radical (unpaired) electrons. The molecule has 0 saturated carbocycles. The fraction of sp³-hybridized carbons (Fsp3) is 0.667. The first kappa shape index (κ1) is 12.1. The number of carboxylic acids is 1. The second-order valence-corrected chi connectivity index (χ2v) is 5.14. The maximum absolute atomic E-state index is 11.3. The minimum absolute atomic E-state index is 0.391. The summed E-state index contributed by atoms with van der Waals surface area (Å²) >= 11 is 0. The zero-order valence-electron chi connectivity index (χ0n) is 10.6. The van der Waals surface area contributed by atoms with Gasteiger partial charge in [-0.2, -0.15) is 5.10 Å². The highest BCUT2D eigenvalue weighted by molar-refractivity contribution is 5.87. The van der Waals surface area contributed by atoms with Crippen LogP contribution in [0, 0.1) is 5.92 Å². The molecule has 0 unspecified atom stereocenters. The van der Waals surface area contributed by atoms with Crippen LogP contribution in [0.25, 0.3) is 0 Å². The Morgan fingerprint density at radius 1 is 1.53 bits per heavy atom. The molecule has 0 saturated heterocycles. The van der Waals surface area contributed by atoms with Crippen molar-refractivity contribution < 1.29 is 9.90 Å². The van der Waals surface area contributed by atoms with Crippen LogP contribution in [-0.4, -0.2) is 39.3 Å². The fourth-order valence-electron chi connectivity index (χ4n) is 2.29. The molecule has 2 heterocycles. The monoisotopic (exact) mass is 237 g/mol. The molecular weight excluding hydrogens is 218 g/mol. The minimum atomic E-state index is -0.857. The molecule has 1 aromatic rings. The van der Waals surface area contributed by atoms with Crippen LogP contribution in [0.5, 0.6) is 0 Å². The summed E-state index contributed by atoms with van der Waals surface area (Å²) in [7, 11) is 2.03. The second kappa shape index (κ2) is 4.49. The Morgan fingerprint density at radius 2 is 2.24 bits per heavy atom. The lowest BCUT2D eigenvalue weighted by Crippen LogP contribution is -2.26. The molecule has 0 aromatic carbocycles. The summed E-state index contributed by atoms with van der Waals surface area (Å²) in [5.74, 6) is -0.462. The van der Waals surface area contributed by atoms with Crippen molar-refractivity contribution >= 4 is 5.97 Å². The van der Waals surface area contributed by atoms with Gasteiger partial charge in [-0.25, -0.2) is 4.79 Å². The lowest BCUT2D eigenvalue weighted by Gasteiger charge is -2.20. The van der Waals surface area contributed by atoms with Crippen molar-refractivity contribution in [2.75, 3.05) is 13.6 Å². The second-order valence-electron chi connectivity index (χ2n) is 5.14. The SMILES string of the molecule is CC(C)Cn1nc2c(c1C(=O)O)CCN(C)C2. The van der Waals surface area contributed by atoms with Crippen LogP contribution in [0.15, 0.2) is 0 Å². The molecule has 5 nitrogen and oxygen atoms in total. The Labute approximate surface area is 101 Å². The first-order valence-electron chi connectivity index (χ1n) is 5.99. The zero-order chi connectivity index (χ0) is 12.6. The van der Waals surface area contributed by atoms with Gasteiger partial charge in [0.05, 0.1) is 5.69 Å². The van der Waals surface area contributed by atoms with Crippen molar-refractivity contribution in [2.45, 2.75) is 33.4 Å². The van der Waals surface area contributed by atoms with Gasteiger partial charge < -0.3 is 10.0 Å². The summed E-state index contributed by atoms with van der Waals surface area (Å²) in [4.78, 5) is 13.5. The van der Waals surface area contributed by atoms with Crippen LogP contribution in [0.3, 0.4) is 0 Å². The van der Waals surface area contributed by atoms with E-state index in [2.05, 4.69) is 23.8 Å². The van der Waals surface area contributed by atoms with Crippen LogP contribution in [0.1, 0.15) is 35.6 Å². The lowest BCUT2D eigenvalue weighted by molar-refractivity contribution is 0.0680. The largest absolute Gasteiger partial charge is 0.477 e. The van der Waals surface area contributed by atoms with E-state index in [0.29, 0.717) is 18.2 Å². The van der Waals surface area contributed by atoms with E-state index in [1.165, 1.54) is 0 Å². The molecule has 94 valence electrons. The molecule has 5 heteroatoms. The van der Waals surface area contributed by atoms with Crippen LogP contribution >= 0.6 is 0 Å². The van der Waals surface area contributed by atoms with Crippen LogP contribution in [0.2, 0.25) is 0 Å². The Kier molecular flexibility index (Phi) is 3.19. The molecule has 1 N–H and O–H groups in total. The number of fused-ring (bicyclic) bond motifs is 1. The molecule has 1 aliphatic rings. The van der Waals surface area contributed by atoms with Crippen molar-refractivity contribution in [1.82, 2.24) is 14.7 Å². The summed E-state index contributed by atoms with van der Waals surface area (Å²) in [5, 5.41) is 13.8. The third-order valence-electron chi connectivity index (χ3n) is 3.04. The number of aromatic nitrogens is 2. The van der Waals surface area contributed by atoms with Crippen molar-refractivity contribution in [2.24, 2.45) is 5.92 Å². The van der Waals surface area contributed by atoms with Gasteiger partial charge in [-0.05, 0) is 19.4 Å². The Balaban J connectivity index is 2.42. The third kappa shape index (κ3) is 2.34. The third-order valence-corrected chi connectivity index (χ3v) is 3.04. The highest BCUT2D eigenvalue weighted by Crippen LogP contribution is 2.22. The number of rotatable bonds is 3. The van der Waals surface area contributed by atoms with E-state index in [0.717, 1.165) is 30.8 Å². The zero-order valence-corrected chi connectivity index (χ0v) is 10.6. The normalized spacial score (nSPS) is 16.2. The maximum Gasteiger partial charge on any atom is 0.354 e. The van der Waals surface area contributed by atoms with Crippen LogP contribution in [0.4, 0.5) is 0 Å². The lowest BCUT2D eigenvalue weighted by atomic mass is 10.0. The molecule has 0 aliphatic carbocycles. The van der Waals surface area contributed by atoms with E-state index in [-0.39, 0.29) is 0 Å². The Bertz CT molecular complexity index is 437. The molecular formula is C12H19N3O2. The number of likely N-dealkylation sites (N-methyl/N-ethyl adjacent to an activating group) is 1. The molecule has 0 bridgehead atoms. The number of carboxylic acid groups (broad SMARTS) is 1. The van der Waals surface area contributed by atoms with E-state index in [1.54, 1.807) is 4.68 Å². The maximum atomic E-state index is 11.3. The number of hydrogen-bond acceptors (Lipinski definition) is 3. The van der Waals surface area contributed by atoms with E-state index >= 15 is 0 Å². The quantitative estimate of drug-likeness (QED) is 0.859. The van der Waals surface area contributed by atoms with Crippen LogP contribution < -0.4 is 0 Å². The van der Waals surface area contributed by atoms with Gasteiger partial charge in [-0.15, -0.1) is 0 Å². The van der Waals surface area contributed by atoms with Crippen molar-refractivity contribution in [3.63, 3.8) is 0 Å². The van der Waals surface area contributed by atoms with E-state index in [9.17, 15) is 9.90 Å². The molecule has 0 atom stereocenters. The van der Waals surface area contributed by atoms with Gasteiger partial charge in [0.1, 0.15) is 5.69 Å². The van der Waals surface area contributed by atoms with Gasteiger partial charge in [0.15, 0.2) is 0 Å². The van der Waals surface area contributed by atoms with Crippen molar-refractivity contribution in [1.29, 1.82) is 0 Å². The number of nitrogens with zero attached hydrogens (tertiary/aromatic N) is 3. The summed E-state index contributed by atoms with van der Waals surface area (Å²) in [6.07, 6.45) is 0.783. The van der Waals surface area contributed by atoms with Crippen molar-refractivity contribution in [3.8, 4) is 0 Å². The summed E-state index contributed by atoms with van der Waals surface area (Å²) in [6, 6.07) is 0. The molecule has 17 heavy (non-hydrogen) atoms. The smallest absolute Gasteiger partial charge is 0.354 e. The van der Waals surface area contributed by atoms with Gasteiger partial charge >= 0.3 is 5.97 Å². The molecule has 0 spiro atoms. The topological polar surface area (TPSA) is 58.4 Å². The number of hydrogen-bond donors (Lipinski definition) is 1. The predicted octanol–water partition coefficient (Wildman–Crippen LogP) is 1.23. The molecule has 0 fully saturated rings. The van der Waals surface area contributed by atoms with Gasteiger partial charge in [-0.3, -0.25) is 4.68 Å². The fourth-order valence-corrected chi connectivity index (χ4v) is 2.29.